The third-order valence-electron chi connectivity index (χ3n) is 1.82. The molecule has 0 radical (unpaired) electrons. The van der Waals surface area contributed by atoms with Crippen molar-refractivity contribution in [2.45, 2.75) is 0 Å². The molecule has 0 aromatic carbocycles. The van der Waals surface area contributed by atoms with Gasteiger partial charge in [0, 0.05) is 6.54 Å². The van der Waals surface area contributed by atoms with Crippen molar-refractivity contribution < 1.29 is 14.3 Å². The summed E-state index contributed by atoms with van der Waals surface area (Å²) in [5.74, 6) is 4.51. The number of nitrogens with one attached hydrogen (secondary N) is 2. The molecule has 1 aromatic heterocycles. The van der Waals surface area contributed by atoms with Crippen LogP contribution in [0.2, 0.25) is 0 Å². The molecule has 0 fully saturated rings. The molecular formula is C9H14N6O3. The molecule has 0 aliphatic carbocycles. The van der Waals surface area contributed by atoms with Crippen LogP contribution in [0, 0.1) is 0 Å². The Morgan fingerprint density at radius 3 is 2.67 bits per heavy atom. The molecule has 0 bridgehead atoms. The highest BCUT2D eigenvalue weighted by Gasteiger charge is 2.07. The monoisotopic (exact) mass is 254 g/mol. The van der Waals surface area contributed by atoms with Crippen molar-refractivity contribution in [1.82, 2.24) is 15.5 Å². The summed E-state index contributed by atoms with van der Waals surface area (Å²) in [6.45, 7) is 0.252. The number of nitrogens with two attached hydrogens (primary N) is 2. The van der Waals surface area contributed by atoms with Crippen molar-refractivity contribution in [3.63, 3.8) is 0 Å². The Bertz CT molecular complexity index is 407. The summed E-state index contributed by atoms with van der Waals surface area (Å²) in [6.07, 6.45) is 0. The molecule has 0 atom stereocenters. The maximum atomic E-state index is 11.5. The van der Waals surface area contributed by atoms with Gasteiger partial charge in [-0.3, -0.25) is 9.59 Å². The third kappa shape index (κ3) is 4.72. The molecule has 1 rings (SSSR count). The first-order valence-corrected chi connectivity index (χ1v) is 5.08. The molecule has 9 nitrogen and oxygen atoms in total. The molecule has 0 spiro atoms. The van der Waals surface area contributed by atoms with Crippen molar-refractivity contribution in [2.24, 2.45) is 11.6 Å². The van der Waals surface area contributed by atoms with Crippen molar-refractivity contribution in [1.29, 1.82) is 0 Å². The van der Waals surface area contributed by atoms with Crippen LogP contribution in [0.1, 0.15) is 10.5 Å². The summed E-state index contributed by atoms with van der Waals surface area (Å²) in [5.41, 5.74) is 7.32. The van der Waals surface area contributed by atoms with Gasteiger partial charge in [0.2, 0.25) is 5.91 Å². The Morgan fingerprint density at radius 1 is 1.33 bits per heavy atom. The number of rotatable bonds is 7. The van der Waals surface area contributed by atoms with Crippen LogP contribution >= 0.6 is 0 Å². The number of amides is 2. The van der Waals surface area contributed by atoms with Crippen molar-refractivity contribution in [3.05, 3.63) is 17.8 Å². The number of hydrogen-bond donors (Lipinski definition) is 4. The van der Waals surface area contributed by atoms with Gasteiger partial charge in [0.25, 0.3) is 5.91 Å². The summed E-state index contributed by atoms with van der Waals surface area (Å²) in [4.78, 5) is 21.9. The van der Waals surface area contributed by atoms with E-state index in [-0.39, 0.29) is 25.5 Å². The van der Waals surface area contributed by atoms with Crippen molar-refractivity contribution in [2.75, 3.05) is 25.2 Å². The number of anilines is 1. The summed E-state index contributed by atoms with van der Waals surface area (Å²) in [7, 11) is 0. The second-order valence-electron chi connectivity index (χ2n) is 3.22. The second-order valence-corrected chi connectivity index (χ2v) is 3.22. The number of carbonyl (C=O) groups excluding carboxylic acids is 2. The van der Waals surface area contributed by atoms with E-state index in [1.54, 1.807) is 0 Å². The van der Waals surface area contributed by atoms with Gasteiger partial charge in [-0.1, -0.05) is 0 Å². The van der Waals surface area contributed by atoms with E-state index < -0.39 is 11.8 Å². The Hall–Kier alpha value is -2.26. The van der Waals surface area contributed by atoms with E-state index >= 15 is 0 Å². The first-order valence-electron chi connectivity index (χ1n) is 5.08. The highest BCUT2D eigenvalue weighted by molar-refractivity contribution is 5.92. The molecule has 9 heteroatoms. The van der Waals surface area contributed by atoms with Crippen LogP contribution in [0.15, 0.2) is 12.1 Å². The Labute approximate surface area is 103 Å². The molecule has 1 heterocycles. The average Bonchev–Trinajstić information content (AvgIpc) is 2.38. The van der Waals surface area contributed by atoms with Crippen molar-refractivity contribution in [3.8, 4) is 0 Å². The Morgan fingerprint density at radius 2 is 2.11 bits per heavy atom. The van der Waals surface area contributed by atoms with Gasteiger partial charge in [-0.15, -0.1) is 10.2 Å². The first kappa shape index (κ1) is 13.8. The summed E-state index contributed by atoms with van der Waals surface area (Å²) < 4.78 is 4.87. The number of primary amides is 1. The standard InChI is InChI=1S/C9H14N6O3/c10-7(16)5-18-4-3-12-9(17)6-1-2-8(13-11)15-14-6/h1-2H,3-5,11H2,(H2,10,16)(H,12,17)(H,13,15). The van der Waals surface area contributed by atoms with E-state index in [4.69, 9.17) is 16.3 Å². The van der Waals surface area contributed by atoms with Crippen molar-refractivity contribution >= 4 is 17.6 Å². The lowest BCUT2D eigenvalue weighted by Gasteiger charge is -2.04. The molecule has 0 aliphatic heterocycles. The zero-order valence-electron chi connectivity index (χ0n) is 9.55. The fourth-order valence-corrected chi connectivity index (χ4v) is 1.03. The number of ether oxygens (including phenoxy) is 1. The molecule has 0 saturated carbocycles. The second kappa shape index (κ2) is 7.14. The molecule has 0 saturated heterocycles. The van der Waals surface area contributed by atoms with E-state index in [0.29, 0.717) is 5.82 Å². The van der Waals surface area contributed by atoms with Crippen LogP contribution in [0.4, 0.5) is 5.82 Å². The fourth-order valence-electron chi connectivity index (χ4n) is 1.03. The maximum absolute atomic E-state index is 11.5. The molecule has 6 N–H and O–H groups in total. The van der Waals surface area contributed by atoms with Gasteiger partial charge < -0.3 is 21.2 Å². The Balaban J connectivity index is 2.29. The van der Waals surface area contributed by atoms with Gasteiger partial charge >= 0.3 is 0 Å². The lowest BCUT2D eigenvalue weighted by molar-refractivity contribution is -0.122. The Kier molecular flexibility index (Phi) is 5.48. The minimum atomic E-state index is -0.558. The van der Waals surface area contributed by atoms with Crippen LogP contribution in [0.5, 0.6) is 0 Å². The molecular weight excluding hydrogens is 240 g/mol. The number of hydrogen-bond acceptors (Lipinski definition) is 7. The first-order chi connectivity index (χ1) is 8.63. The van der Waals surface area contributed by atoms with Gasteiger partial charge in [-0.2, -0.15) is 0 Å². The van der Waals surface area contributed by atoms with E-state index in [1.165, 1.54) is 12.1 Å². The summed E-state index contributed by atoms with van der Waals surface area (Å²) >= 11 is 0. The minimum Gasteiger partial charge on any atom is -0.370 e. The van der Waals surface area contributed by atoms with Gasteiger partial charge in [0.15, 0.2) is 11.5 Å². The summed E-state index contributed by atoms with van der Waals surface area (Å²) in [6, 6.07) is 2.99. The van der Waals surface area contributed by atoms with Crippen LogP contribution < -0.4 is 22.3 Å². The molecule has 0 aliphatic rings. The average molecular weight is 254 g/mol. The minimum absolute atomic E-state index is 0.156. The third-order valence-corrected chi connectivity index (χ3v) is 1.82. The zero-order valence-corrected chi connectivity index (χ0v) is 9.55. The number of nitrogens with zero attached hydrogens (tertiary/aromatic N) is 2. The molecule has 2 amide bonds. The van der Waals surface area contributed by atoms with Gasteiger partial charge in [0.05, 0.1) is 6.61 Å². The number of hydrazine groups is 1. The zero-order chi connectivity index (χ0) is 13.4. The molecule has 18 heavy (non-hydrogen) atoms. The van der Waals surface area contributed by atoms with Crippen LogP contribution in [0.25, 0.3) is 0 Å². The van der Waals surface area contributed by atoms with Crippen LogP contribution in [0.3, 0.4) is 0 Å². The predicted octanol–water partition coefficient (Wildman–Crippen LogP) is -2.01. The molecule has 98 valence electrons. The van der Waals surface area contributed by atoms with E-state index in [2.05, 4.69) is 20.9 Å². The lowest BCUT2D eigenvalue weighted by Crippen LogP contribution is -2.29. The normalized spacial score (nSPS) is 9.83. The van der Waals surface area contributed by atoms with Gasteiger partial charge in [-0.05, 0) is 12.1 Å². The lowest BCUT2D eigenvalue weighted by atomic mass is 10.3. The van der Waals surface area contributed by atoms with E-state index in [1.807, 2.05) is 0 Å². The molecule has 1 aromatic rings. The van der Waals surface area contributed by atoms with Crippen LogP contribution in [-0.4, -0.2) is 41.8 Å². The fraction of sp³-hybridized carbons (Fsp3) is 0.333. The predicted molar refractivity (Wildman–Crippen MR) is 62.2 cm³/mol. The van der Waals surface area contributed by atoms with Crippen LogP contribution in [-0.2, 0) is 9.53 Å². The number of aromatic nitrogens is 2. The SMILES string of the molecule is NNc1ccc(C(=O)NCCOCC(N)=O)nn1. The highest BCUT2D eigenvalue weighted by Crippen LogP contribution is 1.99. The topological polar surface area (TPSA) is 145 Å². The number of nitrogen functional groups attached to an aromatic ring is 1. The highest BCUT2D eigenvalue weighted by atomic mass is 16.5. The van der Waals surface area contributed by atoms with Gasteiger partial charge in [-0.25, -0.2) is 5.84 Å². The van der Waals surface area contributed by atoms with Gasteiger partial charge in [0.1, 0.15) is 6.61 Å². The smallest absolute Gasteiger partial charge is 0.271 e. The quantitative estimate of drug-likeness (QED) is 0.250. The summed E-state index contributed by atoms with van der Waals surface area (Å²) in [5, 5.41) is 9.84. The number of carbonyl (C=O) groups is 2. The van der Waals surface area contributed by atoms with E-state index in [0.717, 1.165) is 0 Å². The largest absolute Gasteiger partial charge is 0.370 e. The molecule has 0 unspecified atom stereocenters. The van der Waals surface area contributed by atoms with E-state index in [9.17, 15) is 9.59 Å². The maximum Gasteiger partial charge on any atom is 0.271 e.